The van der Waals surface area contributed by atoms with Gasteiger partial charge in [-0.25, -0.2) is 4.68 Å². The van der Waals surface area contributed by atoms with Gasteiger partial charge in [-0.3, -0.25) is 0 Å². The lowest BCUT2D eigenvalue weighted by Crippen LogP contribution is -2.43. The summed E-state index contributed by atoms with van der Waals surface area (Å²) in [6.45, 7) is 20.0. The van der Waals surface area contributed by atoms with E-state index >= 15 is 0 Å². The highest BCUT2D eigenvalue weighted by Gasteiger charge is 2.09. The summed E-state index contributed by atoms with van der Waals surface area (Å²) >= 11 is 0. The van der Waals surface area contributed by atoms with Crippen molar-refractivity contribution in [3.63, 3.8) is 0 Å². The molecule has 0 saturated heterocycles. The Morgan fingerprint density at radius 1 is 0.694 bits per heavy atom. The van der Waals surface area contributed by atoms with E-state index in [-0.39, 0.29) is 0 Å². The number of aryl methyl sites for hydroxylation is 4. The summed E-state index contributed by atoms with van der Waals surface area (Å²) in [4.78, 5) is 6.36. The summed E-state index contributed by atoms with van der Waals surface area (Å²) in [5.41, 5.74) is 0. The molecule has 4 aromatic rings. The van der Waals surface area contributed by atoms with Crippen molar-refractivity contribution in [1.29, 1.82) is 0 Å². The van der Waals surface area contributed by atoms with Crippen LogP contribution in [0.2, 0.25) is 0 Å². The van der Waals surface area contributed by atoms with Gasteiger partial charge in [-0.15, -0.1) is 25.5 Å². The summed E-state index contributed by atoms with van der Waals surface area (Å²) in [5, 5.41) is 44.9. The van der Waals surface area contributed by atoms with Gasteiger partial charge in [0.2, 0.25) is 10.4 Å². The van der Waals surface area contributed by atoms with Crippen molar-refractivity contribution >= 4 is 0 Å². The van der Waals surface area contributed by atoms with Crippen LogP contribution < -0.4 is 4.80 Å². The maximum Gasteiger partial charge on any atom is 0.231 e. The first kappa shape index (κ1) is 30.2. The maximum absolute atomic E-state index is 4.00. The van der Waals surface area contributed by atoms with E-state index in [4.69, 9.17) is 0 Å². The molecule has 0 N–H and O–H groups in total. The standard InChI is InChI=1S/3C5H10N4.C4H10N5/c1-4(2)5-6-8-9(3)7-5;1-4(2)9-5(3)6-7-8-9;1-4(2)9-7-5(3)6-8-9;1-4(2)9-7-5-6-8(9)3/h4*4H,1-3H3/q;;;+1. The zero-order valence-electron chi connectivity index (χ0n) is 23.4. The molecule has 4 aromatic heterocycles. The van der Waals surface area contributed by atoms with E-state index in [2.05, 4.69) is 62.0 Å². The van der Waals surface area contributed by atoms with Crippen molar-refractivity contribution in [2.45, 2.75) is 93.3 Å². The Bertz CT molecular complexity index is 1030. The van der Waals surface area contributed by atoms with Crippen LogP contribution in [0.4, 0.5) is 0 Å². The molecule has 0 fully saturated rings. The quantitative estimate of drug-likeness (QED) is 0.351. The molecule has 0 aliphatic carbocycles. The molecule has 0 aromatic carbocycles. The zero-order chi connectivity index (χ0) is 27.4. The molecule has 0 spiro atoms. The third kappa shape index (κ3) is 10.2. The van der Waals surface area contributed by atoms with Gasteiger partial charge in [-0.1, -0.05) is 18.6 Å². The Morgan fingerprint density at radius 3 is 1.58 bits per heavy atom. The van der Waals surface area contributed by atoms with Crippen molar-refractivity contribution in [3.8, 4) is 0 Å². The lowest BCUT2D eigenvalue weighted by atomic mass is 10.2. The van der Waals surface area contributed by atoms with Crippen LogP contribution in [0.25, 0.3) is 0 Å². The van der Waals surface area contributed by atoms with E-state index < -0.39 is 0 Å². The number of hydrogen-bond acceptors (Lipinski definition) is 12. The molecule has 0 saturated carbocycles. The van der Waals surface area contributed by atoms with Crippen LogP contribution in [-0.2, 0) is 14.1 Å². The van der Waals surface area contributed by atoms with Crippen LogP contribution in [0.1, 0.15) is 96.9 Å². The van der Waals surface area contributed by atoms with Gasteiger partial charge in [0, 0.05) is 5.92 Å². The first-order valence-electron chi connectivity index (χ1n) is 11.7. The minimum Gasteiger partial charge on any atom is -0.227 e. The number of hydrogen-bond donors (Lipinski definition) is 0. The van der Waals surface area contributed by atoms with Crippen molar-refractivity contribution < 1.29 is 4.80 Å². The Labute approximate surface area is 211 Å². The molecule has 200 valence electrons. The van der Waals surface area contributed by atoms with Crippen molar-refractivity contribution in [3.05, 3.63) is 17.5 Å². The summed E-state index contributed by atoms with van der Waals surface area (Å²) < 4.78 is 1.78. The van der Waals surface area contributed by atoms with E-state index in [9.17, 15) is 0 Å². The number of aromatic nitrogens is 17. The maximum atomic E-state index is 4.00. The number of nitrogens with zero attached hydrogens (tertiary/aromatic N) is 17. The monoisotopic (exact) mass is 506 g/mol. The van der Waals surface area contributed by atoms with E-state index in [1.54, 1.807) is 33.2 Å². The molecule has 36 heavy (non-hydrogen) atoms. The minimum atomic E-state index is 0.311. The molecular formula is C19H40N17+. The van der Waals surface area contributed by atoms with E-state index in [1.807, 2.05) is 69.2 Å². The summed E-state index contributed by atoms with van der Waals surface area (Å²) in [6, 6.07) is 0.996. The molecule has 0 unspecified atom stereocenters. The Morgan fingerprint density at radius 2 is 1.36 bits per heavy atom. The average Bonchev–Trinajstić information content (AvgIpc) is 3.58. The average molecular weight is 507 g/mol. The molecule has 17 nitrogen and oxygen atoms in total. The fraction of sp³-hybridized carbons (Fsp3) is 0.842. The van der Waals surface area contributed by atoms with Crippen LogP contribution in [0, 0.1) is 13.8 Å². The van der Waals surface area contributed by atoms with Gasteiger partial charge < -0.3 is 0 Å². The Hall–Kier alpha value is -3.79. The van der Waals surface area contributed by atoms with E-state index in [0.717, 1.165) is 17.5 Å². The molecule has 17 heteroatoms. The van der Waals surface area contributed by atoms with Gasteiger partial charge in [-0.2, -0.15) is 9.59 Å². The van der Waals surface area contributed by atoms with Gasteiger partial charge in [0.05, 0.1) is 25.2 Å². The normalized spacial score (nSPS) is 10.7. The fourth-order valence-corrected chi connectivity index (χ4v) is 2.42. The molecule has 0 radical (unpaired) electrons. The van der Waals surface area contributed by atoms with Crippen LogP contribution in [0.15, 0.2) is 0 Å². The van der Waals surface area contributed by atoms with Crippen molar-refractivity contribution in [1.82, 2.24) is 81.1 Å². The first-order valence-corrected chi connectivity index (χ1v) is 11.7. The summed E-state index contributed by atoms with van der Waals surface area (Å²) in [7, 11) is 3.57. The molecule has 4 rings (SSSR count). The second kappa shape index (κ2) is 14.6. The highest BCUT2D eigenvalue weighted by molar-refractivity contribution is 4.84. The smallest absolute Gasteiger partial charge is 0.227 e. The van der Waals surface area contributed by atoms with Gasteiger partial charge in [-0.05, 0) is 81.0 Å². The minimum absolute atomic E-state index is 0.311. The SMILES string of the molecule is CC(C)c1nnn(C)n1.CC(C)n1nnn[n+]1C.Cc1nnn(C(C)C)n1.Cc1nnnn1C(C)C. The zero-order valence-corrected chi connectivity index (χ0v) is 23.4. The Kier molecular flexibility index (Phi) is 12.2. The van der Waals surface area contributed by atoms with E-state index in [0.29, 0.717) is 24.0 Å². The van der Waals surface area contributed by atoms with Crippen LogP contribution in [0.3, 0.4) is 0 Å². The summed E-state index contributed by atoms with van der Waals surface area (Å²) in [6.07, 6.45) is 0. The van der Waals surface area contributed by atoms with E-state index in [1.165, 1.54) is 4.80 Å². The van der Waals surface area contributed by atoms with Crippen LogP contribution >= 0.6 is 0 Å². The molecule has 0 bridgehead atoms. The second-order valence-corrected chi connectivity index (χ2v) is 8.98. The molecule has 0 aliphatic rings. The molecule has 4 heterocycles. The second-order valence-electron chi connectivity index (χ2n) is 8.98. The van der Waals surface area contributed by atoms with Gasteiger partial charge in [0.25, 0.3) is 0 Å². The summed E-state index contributed by atoms with van der Waals surface area (Å²) in [5.74, 6) is 2.77. The lowest BCUT2D eigenvalue weighted by molar-refractivity contribution is -0.813. The Balaban J connectivity index is 0.000000240. The highest BCUT2D eigenvalue weighted by atomic mass is 15.8. The predicted octanol–water partition coefficient (Wildman–Crippen LogP) is 0.537. The number of rotatable bonds is 4. The molecule has 0 amide bonds. The lowest BCUT2D eigenvalue weighted by Gasteiger charge is -2.02. The first-order chi connectivity index (χ1) is 16.8. The largest absolute Gasteiger partial charge is 0.231 e. The van der Waals surface area contributed by atoms with Gasteiger partial charge in [0.1, 0.15) is 18.1 Å². The van der Waals surface area contributed by atoms with Crippen LogP contribution in [-0.4, -0.2) is 81.1 Å². The van der Waals surface area contributed by atoms with Crippen molar-refractivity contribution in [2.75, 3.05) is 0 Å². The highest BCUT2D eigenvalue weighted by Crippen LogP contribution is 2.04. The van der Waals surface area contributed by atoms with Gasteiger partial charge >= 0.3 is 0 Å². The predicted molar refractivity (Wildman–Crippen MR) is 128 cm³/mol. The topological polar surface area (TPSA) is 178 Å². The molecule has 0 atom stereocenters. The number of tetrazole rings is 3. The molecule has 0 aliphatic heterocycles. The van der Waals surface area contributed by atoms with Crippen molar-refractivity contribution in [2.24, 2.45) is 14.1 Å². The molecular weight excluding hydrogens is 466 g/mol. The van der Waals surface area contributed by atoms with Crippen LogP contribution in [0.5, 0.6) is 0 Å². The van der Waals surface area contributed by atoms with Gasteiger partial charge in [0.15, 0.2) is 11.6 Å². The third-order valence-electron chi connectivity index (χ3n) is 4.24. The third-order valence-corrected chi connectivity index (χ3v) is 4.24. The fourth-order valence-electron chi connectivity index (χ4n) is 2.42.